The molecule has 2 aromatic heterocycles. The summed E-state index contributed by atoms with van der Waals surface area (Å²) in [5.41, 5.74) is 7.47. The summed E-state index contributed by atoms with van der Waals surface area (Å²) >= 11 is 1.28. The summed E-state index contributed by atoms with van der Waals surface area (Å²) in [5, 5.41) is 8.61. The molecule has 2 amide bonds. The molecule has 27 heavy (non-hydrogen) atoms. The largest absolute Gasteiger partial charge is 0.365 e. The lowest BCUT2D eigenvalue weighted by atomic mass is 10.0. The van der Waals surface area contributed by atoms with Crippen LogP contribution < -0.4 is 11.1 Å². The average molecular weight is 384 g/mol. The van der Waals surface area contributed by atoms with E-state index >= 15 is 0 Å². The molecule has 0 saturated heterocycles. The van der Waals surface area contributed by atoms with Crippen molar-refractivity contribution in [3.63, 3.8) is 0 Å². The first-order valence-corrected chi connectivity index (χ1v) is 9.36. The molecule has 0 spiro atoms. The molecule has 0 aliphatic rings. The van der Waals surface area contributed by atoms with Gasteiger partial charge in [0.2, 0.25) is 5.89 Å². The average Bonchev–Trinajstić information content (AvgIpc) is 3.31. The minimum atomic E-state index is -0.464. The molecule has 0 saturated carbocycles. The van der Waals surface area contributed by atoms with Crippen LogP contribution in [-0.2, 0) is 0 Å². The van der Waals surface area contributed by atoms with E-state index in [1.54, 1.807) is 31.2 Å². The van der Waals surface area contributed by atoms with E-state index in [0.717, 1.165) is 11.1 Å². The first kappa shape index (κ1) is 18.8. The Morgan fingerprint density at radius 2 is 1.96 bits per heavy atom. The number of amides is 2. The van der Waals surface area contributed by atoms with Crippen LogP contribution in [0.1, 0.15) is 64.5 Å². The fraction of sp³-hybridized carbons (Fsp3) is 0.263. The van der Waals surface area contributed by atoms with Gasteiger partial charge in [-0.1, -0.05) is 31.1 Å². The first-order valence-electron chi connectivity index (χ1n) is 8.48. The van der Waals surface area contributed by atoms with Crippen LogP contribution in [0.3, 0.4) is 0 Å². The summed E-state index contributed by atoms with van der Waals surface area (Å²) in [6.45, 7) is 5.73. The van der Waals surface area contributed by atoms with Gasteiger partial charge in [-0.25, -0.2) is 0 Å². The Morgan fingerprint density at radius 3 is 2.59 bits per heavy atom. The standard InChI is InChI=1S/C19H20N4O3S/c1-10(2)17-22-19(26-23-17)11(3)21-18(25)13-6-4-5-12(7-13)14-8-15(16(20)24)27-9-14/h4-11H,1-3H3,(H2,20,24)(H,21,25). The molecule has 2 heterocycles. The van der Waals surface area contributed by atoms with Gasteiger partial charge in [0.15, 0.2) is 5.82 Å². The van der Waals surface area contributed by atoms with Crippen LogP contribution in [0.4, 0.5) is 0 Å². The predicted octanol–water partition coefficient (Wildman–Crippen LogP) is 3.51. The molecule has 3 rings (SSSR count). The third-order valence-electron chi connectivity index (χ3n) is 3.99. The third kappa shape index (κ3) is 4.22. The number of benzene rings is 1. The highest BCUT2D eigenvalue weighted by molar-refractivity contribution is 7.12. The SMILES string of the molecule is CC(C)c1noc(C(C)NC(=O)c2cccc(-c3csc(C(N)=O)c3)c2)n1. The summed E-state index contributed by atoms with van der Waals surface area (Å²) in [6, 6.07) is 8.46. The Kier molecular flexibility index (Phi) is 5.36. The molecule has 0 aliphatic heterocycles. The first-order chi connectivity index (χ1) is 12.8. The number of nitrogens with zero attached hydrogens (tertiary/aromatic N) is 2. The summed E-state index contributed by atoms with van der Waals surface area (Å²) in [5.74, 6) is 0.411. The van der Waals surface area contributed by atoms with Crippen molar-refractivity contribution in [1.82, 2.24) is 15.5 Å². The van der Waals surface area contributed by atoms with Crippen molar-refractivity contribution in [2.75, 3.05) is 0 Å². The van der Waals surface area contributed by atoms with Crippen LogP contribution in [0, 0.1) is 0 Å². The highest BCUT2D eigenvalue weighted by Gasteiger charge is 2.19. The van der Waals surface area contributed by atoms with Gasteiger partial charge in [0, 0.05) is 11.5 Å². The lowest BCUT2D eigenvalue weighted by Crippen LogP contribution is -2.26. The summed E-state index contributed by atoms with van der Waals surface area (Å²) in [4.78, 5) is 28.6. The monoisotopic (exact) mass is 384 g/mol. The van der Waals surface area contributed by atoms with Gasteiger partial charge < -0.3 is 15.6 Å². The maximum Gasteiger partial charge on any atom is 0.258 e. The Balaban J connectivity index is 1.75. The van der Waals surface area contributed by atoms with Crippen molar-refractivity contribution >= 4 is 23.2 Å². The zero-order valence-electron chi connectivity index (χ0n) is 15.2. The van der Waals surface area contributed by atoms with E-state index in [4.69, 9.17) is 10.3 Å². The Labute approximate surface area is 160 Å². The predicted molar refractivity (Wildman–Crippen MR) is 103 cm³/mol. The van der Waals surface area contributed by atoms with Crippen molar-refractivity contribution in [3.8, 4) is 11.1 Å². The van der Waals surface area contributed by atoms with Gasteiger partial charge in [-0.2, -0.15) is 4.98 Å². The molecule has 0 fully saturated rings. The van der Waals surface area contributed by atoms with E-state index in [1.807, 2.05) is 25.3 Å². The zero-order chi connectivity index (χ0) is 19.6. The van der Waals surface area contributed by atoms with Crippen molar-refractivity contribution in [1.29, 1.82) is 0 Å². The van der Waals surface area contributed by atoms with Crippen LogP contribution in [0.5, 0.6) is 0 Å². The molecule has 0 bridgehead atoms. The lowest BCUT2D eigenvalue weighted by molar-refractivity contribution is 0.0931. The summed E-state index contributed by atoms with van der Waals surface area (Å²) < 4.78 is 5.22. The number of carbonyl (C=O) groups is 2. The highest BCUT2D eigenvalue weighted by atomic mass is 32.1. The number of hydrogen-bond acceptors (Lipinski definition) is 6. The van der Waals surface area contributed by atoms with Crippen LogP contribution in [0.2, 0.25) is 0 Å². The van der Waals surface area contributed by atoms with E-state index < -0.39 is 11.9 Å². The van der Waals surface area contributed by atoms with E-state index in [2.05, 4.69) is 15.5 Å². The molecule has 0 aliphatic carbocycles. The van der Waals surface area contributed by atoms with Crippen LogP contribution in [0.25, 0.3) is 11.1 Å². The van der Waals surface area contributed by atoms with Crippen molar-refractivity contribution < 1.29 is 14.1 Å². The van der Waals surface area contributed by atoms with Gasteiger partial charge in [0.05, 0.1) is 4.88 Å². The molecule has 1 unspecified atom stereocenters. The number of rotatable bonds is 6. The zero-order valence-corrected chi connectivity index (χ0v) is 16.0. The molecular weight excluding hydrogens is 364 g/mol. The Bertz CT molecular complexity index is 977. The lowest BCUT2D eigenvalue weighted by Gasteiger charge is -2.10. The Hall–Kier alpha value is -3.00. The number of thiophene rings is 1. The van der Waals surface area contributed by atoms with Crippen molar-refractivity contribution in [2.24, 2.45) is 5.73 Å². The van der Waals surface area contributed by atoms with Crippen LogP contribution in [0.15, 0.2) is 40.2 Å². The second-order valence-electron chi connectivity index (χ2n) is 6.49. The van der Waals surface area contributed by atoms with E-state index in [1.165, 1.54) is 11.3 Å². The molecule has 7 nitrogen and oxygen atoms in total. The van der Waals surface area contributed by atoms with E-state index in [-0.39, 0.29) is 11.8 Å². The quantitative estimate of drug-likeness (QED) is 0.675. The molecule has 3 N–H and O–H groups in total. The summed E-state index contributed by atoms with van der Waals surface area (Å²) in [6.07, 6.45) is 0. The molecular formula is C19H20N4O3S. The minimum absolute atomic E-state index is 0.151. The normalized spacial score (nSPS) is 12.1. The Morgan fingerprint density at radius 1 is 1.19 bits per heavy atom. The third-order valence-corrected chi connectivity index (χ3v) is 4.94. The molecule has 3 aromatic rings. The molecule has 1 atom stereocenters. The fourth-order valence-electron chi connectivity index (χ4n) is 2.46. The fourth-order valence-corrected chi connectivity index (χ4v) is 3.23. The minimum Gasteiger partial charge on any atom is -0.365 e. The van der Waals surface area contributed by atoms with Gasteiger partial charge in [0.25, 0.3) is 11.8 Å². The van der Waals surface area contributed by atoms with Crippen LogP contribution >= 0.6 is 11.3 Å². The van der Waals surface area contributed by atoms with Gasteiger partial charge in [-0.05, 0) is 41.6 Å². The second kappa shape index (κ2) is 7.71. The van der Waals surface area contributed by atoms with Crippen molar-refractivity contribution in [2.45, 2.75) is 32.7 Å². The number of primary amides is 1. The molecule has 8 heteroatoms. The molecule has 1 aromatic carbocycles. The van der Waals surface area contributed by atoms with E-state index in [9.17, 15) is 9.59 Å². The summed E-state index contributed by atoms with van der Waals surface area (Å²) in [7, 11) is 0. The number of aromatic nitrogens is 2. The molecule has 0 radical (unpaired) electrons. The highest BCUT2D eigenvalue weighted by Crippen LogP contribution is 2.26. The number of nitrogens with one attached hydrogen (secondary N) is 1. The van der Waals surface area contributed by atoms with E-state index in [0.29, 0.717) is 22.2 Å². The van der Waals surface area contributed by atoms with Gasteiger partial charge in [0.1, 0.15) is 6.04 Å². The number of nitrogens with two attached hydrogens (primary N) is 1. The number of carbonyl (C=O) groups excluding carboxylic acids is 2. The van der Waals surface area contributed by atoms with Crippen molar-refractivity contribution in [3.05, 3.63) is 57.9 Å². The maximum absolute atomic E-state index is 12.6. The second-order valence-corrected chi connectivity index (χ2v) is 7.40. The van der Waals surface area contributed by atoms with Gasteiger partial charge >= 0.3 is 0 Å². The smallest absolute Gasteiger partial charge is 0.258 e. The van der Waals surface area contributed by atoms with Gasteiger partial charge in [-0.3, -0.25) is 9.59 Å². The maximum atomic E-state index is 12.6. The van der Waals surface area contributed by atoms with Gasteiger partial charge in [-0.15, -0.1) is 11.3 Å². The topological polar surface area (TPSA) is 111 Å². The number of hydrogen-bond donors (Lipinski definition) is 2. The van der Waals surface area contributed by atoms with Crippen LogP contribution in [-0.4, -0.2) is 22.0 Å². The molecule has 140 valence electrons.